The molecule has 4 aliphatic rings. The van der Waals surface area contributed by atoms with Gasteiger partial charge in [-0.3, -0.25) is 9.59 Å². The lowest BCUT2D eigenvalue weighted by Gasteiger charge is -2.58. The fourth-order valence-corrected chi connectivity index (χ4v) is 7.85. The van der Waals surface area contributed by atoms with Crippen LogP contribution in [0, 0.1) is 34.5 Å². The zero-order valence-corrected chi connectivity index (χ0v) is 18.2. The third-order valence-corrected chi connectivity index (χ3v) is 9.09. The van der Waals surface area contributed by atoms with Crippen LogP contribution >= 0.6 is 0 Å². The van der Waals surface area contributed by atoms with E-state index in [0.29, 0.717) is 17.9 Å². The van der Waals surface area contributed by atoms with Gasteiger partial charge >= 0.3 is 5.97 Å². The van der Waals surface area contributed by atoms with Crippen molar-refractivity contribution in [2.75, 3.05) is 0 Å². The molecule has 0 spiro atoms. The first-order chi connectivity index (χ1) is 13.1. The summed E-state index contributed by atoms with van der Waals surface area (Å²) in [5.74, 6) is 2.66. The summed E-state index contributed by atoms with van der Waals surface area (Å²) in [6.07, 6.45) is 10.5. The lowest BCUT2D eigenvalue weighted by Crippen LogP contribution is -2.54. The fraction of sp³-hybridized carbons (Fsp3) is 0.833. The Morgan fingerprint density at radius 3 is 2.57 bits per heavy atom. The Bertz CT molecular complexity index is 700. The maximum atomic E-state index is 11.8. The summed E-state index contributed by atoms with van der Waals surface area (Å²) in [7, 11) is 0. The van der Waals surface area contributed by atoms with Crippen LogP contribution in [-0.2, 0) is 14.3 Å². The van der Waals surface area contributed by atoms with Gasteiger partial charge in [0.15, 0.2) is 0 Å². The topological polar surface area (TPSA) is 55.4 Å². The number of fused-ring (bicyclic) bond motifs is 5. The Morgan fingerprint density at radius 2 is 1.89 bits per heavy atom. The van der Waals surface area contributed by atoms with Crippen molar-refractivity contribution in [3.8, 4) is 0 Å². The molecule has 1 amide bonds. The second-order valence-electron chi connectivity index (χ2n) is 10.7. The summed E-state index contributed by atoms with van der Waals surface area (Å²) in [6.45, 7) is 10.4. The van der Waals surface area contributed by atoms with E-state index in [-0.39, 0.29) is 28.8 Å². The monoisotopic (exact) mass is 387 g/mol. The molecule has 0 heterocycles. The number of rotatable bonds is 2. The number of hydrogen-bond donors (Lipinski definition) is 1. The fourth-order valence-electron chi connectivity index (χ4n) is 7.85. The van der Waals surface area contributed by atoms with Crippen LogP contribution in [0.4, 0.5) is 0 Å². The molecule has 0 aliphatic heterocycles. The Labute approximate surface area is 169 Å². The van der Waals surface area contributed by atoms with Crippen molar-refractivity contribution in [3.63, 3.8) is 0 Å². The summed E-state index contributed by atoms with van der Waals surface area (Å²) in [5.41, 5.74) is 2.03. The average molecular weight is 388 g/mol. The van der Waals surface area contributed by atoms with Gasteiger partial charge in [0, 0.05) is 26.3 Å². The van der Waals surface area contributed by atoms with E-state index in [1.807, 2.05) is 0 Å². The number of hydrogen-bond acceptors (Lipinski definition) is 3. The Kier molecular flexibility index (Phi) is 4.91. The number of allylic oxidation sites excluding steroid dienone is 1. The molecule has 0 bridgehead atoms. The highest BCUT2D eigenvalue weighted by atomic mass is 16.5. The van der Waals surface area contributed by atoms with Crippen molar-refractivity contribution in [3.05, 3.63) is 11.6 Å². The van der Waals surface area contributed by atoms with Crippen molar-refractivity contribution < 1.29 is 14.3 Å². The van der Waals surface area contributed by atoms with E-state index in [1.54, 1.807) is 12.5 Å². The summed E-state index contributed by atoms with van der Waals surface area (Å²) in [4.78, 5) is 23.2. The van der Waals surface area contributed by atoms with Gasteiger partial charge < -0.3 is 10.1 Å². The van der Waals surface area contributed by atoms with E-state index in [4.69, 9.17) is 4.74 Å². The Morgan fingerprint density at radius 1 is 1.14 bits per heavy atom. The van der Waals surface area contributed by atoms with Crippen molar-refractivity contribution >= 4 is 11.9 Å². The molecule has 3 fully saturated rings. The number of ether oxygens (including phenoxy) is 1. The van der Waals surface area contributed by atoms with Crippen molar-refractivity contribution in [1.29, 1.82) is 0 Å². The Hall–Kier alpha value is -1.32. The number of carbonyl (C=O) groups excluding carboxylic acids is 2. The second kappa shape index (κ2) is 6.88. The van der Waals surface area contributed by atoms with Crippen molar-refractivity contribution in [1.82, 2.24) is 5.32 Å². The van der Waals surface area contributed by atoms with E-state index in [9.17, 15) is 9.59 Å². The predicted octanol–water partition coefficient (Wildman–Crippen LogP) is 4.63. The number of esters is 1. The maximum absolute atomic E-state index is 11.8. The van der Waals surface area contributed by atoms with Crippen LogP contribution in [-0.4, -0.2) is 24.0 Å². The molecule has 156 valence electrons. The smallest absolute Gasteiger partial charge is 0.302 e. The molecule has 4 aliphatic carbocycles. The number of amides is 1. The normalized spacial score (nSPS) is 47.2. The van der Waals surface area contributed by atoms with E-state index in [1.165, 1.54) is 26.2 Å². The standard InChI is InChI=1S/C24H37NO3/c1-14-12-21-19-7-6-17-13-18(28-16(3)27)8-10-23(17,4)20(19)9-11-24(21,5)22(14)25-15(2)26/h6,14,18-22H,7-13H2,1-5H3,(H,25,26)/t14-,18?,19?,20?,21?,22?,23-,24-/m0/s1. The van der Waals surface area contributed by atoms with Crippen LogP contribution in [0.3, 0.4) is 0 Å². The molecule has 1 N–H and O–H groups in total. The van der Waals surface area contributed by atoms with Gasteiger partial charge in [0.05, 0.1) is 0 Å². The third-order valence-electron chi connectivity index (χ3n) is 9.09. The average Bonchev–Trinajstić information content (AvgIpc) is 2.85. The highest BCUT2D eigenvalue weighted by molar-refractivity contribution is 5.73. The van der Waals surface area contributed by atoms with Gasteiger partial charge in [-0.25, -0.2) is 0 Å². The SMILES string of the molecule is CC(=O)NC1[C@@H](C)CC2C3CC=C4CC(OC(C)=O)CC[C@]4(C)C3CC[C@@]21C. The van der Waals surface area contributed by atoms with Crippen LogP contribution in [0.1, 0.15) is 79.6 Å². The van der Waals surface area contributed by atoms with E-state index < -0.39 is 0 Å². The van der Waals surface area contributed by atoms with Crippen LogP contribution in [0.15, 0.2) is 11.6 Å². The molecular formula is C24H37NO3. The Balaban J connectivity index is 1.58. The highest BCUT2D eigenvalue weighted by Gasteiger charge is 2.60. The quantitative estimate of drug-likeness (QED) is 0.555. The van der Waals surface area contributed by atoms with Gasteiger partial charge in [0.1, 0.15) is 6.10 Å². The summed E-state index contributed by atoms with van der Waals surface area (Å²) in [5, 5.41) is 3.31. The first kappa shape index (κ1) is 20.0. The predicted molar refractivity (Wildman–Crippen MR) is 109 cm³/mol. The molecule has 4 rings (SSSR count). The molecule has 5 unspecified atom stereocenters. The molecule has 8 atom stereocenters. The lowest BCUT2D eigenvalue weighted by molar-refractivity contribution is -0.148. The molecule has 0 radical (unpaired) electrons. The van der Waals surface area contributed by atoms with Crippen LogP contribution in [0.2, 0.25) is 0 Å². The molecular weight excluding hydrogens is 350 g/mol. The lowest BCUT2D eigenvalue weighted by atomic mass is 9.48. The number of nitrogens with one attached hydrogen (secondary N) is 1. The molecule has 0 saturated heterocycles. The van der Waals surface area contributed by atoms with E-state index >= 15 is 0 Å². The first-order valence-electron chi connectivity index (χ1n) is 11.3. The minimum atomic E-state index is -0.153. The summed E-state index contributed by atoms with van der Waals surface area (Å²) >= 11 is 0. The minimum Gasteiger partial charge on any atom is -0.462 e. The van der Waals surface area contributed by atoms with Crippen LogP contribution in [0.25, 0.3) is 0 Å². The van der Waals surface area contributed by atoms with Crippen LogP contribution in [0.5, 0.6) is 0 Å². The second-order valence-corrected chi connectivity index (χ2v) is 10.7. The summed E-state index contributed by atoms with van der Waals surface area (Å²) in [6, 6.07) is 0.314. The van der Waals surface area contributed by atoms with Crippen molar-refractivity contribution in [2.24, 2.45) is 34.5 Å². The van der Waals surface area contributed by atoms with Gasteiger partial charge in [-0.05, 0) is 73.0 Å². The third kappa shape index (κ3) is 3.02. The highest BCUT2D eigenvalue weighted by Crippen LogP contribution is 2.65. The molecule has 0 aromatic rings. The zero-order chi connectivity index (χ0) is 20.3. The molecule has 28 heavy (non-hydrogen) atoms. The molecule has 4 heteroatoms. The maximum Gasteiger partial charge on any atom is 0.302 e. The minimum absolute atomic E-state index is 0.0675. The van der Waals surface area contributed by atoms with Gasteiger partial charge in [0.2, 0.25) is 5.91 Å². The van der Waals surface area contributed by atoms with Gasteiger partial charge in [-0.15, -0.1) is 0 Å². The molecule has 0 aromatic carbocycles. The van der Waals surface area contributed by atoms with E-state index in [0.717, 1.165) is 37.5 Å². The van der Waals surface area contributed by atoms with Crippen molar-refractivity contribution in [2.45, 2.75) is 91.7 Å². The van der Waals surface area contributed by atoms with Crippen LogP contribution < -0.4 is 5.32 Å². The van der Waals surface area contributed by atoms with E-state index in [2.05, 4.69) is 32.2 Å². The molecule has 3 saturated carbocycles. The van der Waals surface area contributed by atoms with Gasteiger partial charge in [-0.1, -0.05) is 32.4 Å². The largest absolute Gasteiger partial charge is 0.462 e. The van der Waals surface area contributed by atoms with Gasteiger partial charge in [-0.2, -0.15) is 0 Å². The molecule has 4 nitrogen and oxygen atoms in total. The molecule has 0 aromatic heterocycles. The number of carbonyl (C=O) groups is 2. The zero-order valence-electron chi connectivity index (χ0n) is 18.2. The van der Waals surface area contributed by atoms with Gasteiger partial charge in [0.25, 0.3) is 0 Å². The summed E-state index contributed by atoms with van der Waals surface area (Å²) < 4.78 is 5.55. The first-order valence-corrected chi connectivity index (χ1v) is 11.3.